The number of ether oxygens (including phenoxy) is 1. The molecule has 2 rings (SSSR count). The summed E-state index contributed by atoms with van der Waals surface area (Å²) in [5.74, 6) is 0.453. The van der Waals surface area contributed by atoms with Crippen molar-refractivity contribution >= 4 is 17.5 Å². The number of nitrogens with zero attached hydrogens (tertiary/aromatic N) is 1. The van der Waals surface area contributed by atoms with Crippen molar-refractivity contribution in [2.75, 3.05) is 24.6 Å². The Kier molecular flexibility index (Phi) is 5.60. The standard InChI is InChI=1S/C17H25N3O3/c1-3-17(4-2,12-18)19-15(21)9-10-20-13-7-5-6-8-14(13)23-11-16(20)22/h5-8H,3-4,9-12,18H2,1-2H3,(H,19,21). The molecule has 0 atom stereocenters. The van der Waals surface area contributed by atoms with Crippen molar-refractivity contribution in [3.8, 4) is 5.75 Å². The quantitative estimate of drug-likeness (QED) is 0.796. The molecule has 1 heterocycles. The molecule has 0 unspecified atom stereocenters. The number of rotatable bonds is 7. The molecule has 1 aliphatic heterocycles. The summed E-state index contributed by atoms with van der Waals surface area (Å²) in [7, 11) is 0. The highest BCUT2D eigenvalue weighted by molar-refractivity contribution is 5.98. The van der Waals surface area contributed by atoms with Crippen LogP contribution in [-0.2, 0) is 9.59 Å². The predicted molar refractivity (Wildman–Crippen MR) is 89.4 cm³/mol. The molecule has 0 aromatic heterocycles. The van der Waals surface area contributed by atoms with Crippen LogP contribution in [0.3, 0.4) is 0 Å². The zero-order valence-electron chi connectivity index (χ0n) is 13.8. The number of para-hydroxylation sites is 2. The number of hydrogen-bond donors (Lipinski definition) is 2. The maximum absolute atomic E-state index is 12.3. The highest BCUT2D eigenvalue weighted by atomic mass is 16.5. The molecule has 0 bridgehead atoms. The van der Waals surface area contributed by atoms with Crippen LogP contribution in [0, 0.1) is 0 Å². The van der Waals surface area contributed by atoms with E-state index in [2.05, 4.69) is 5.32 Å². The minimum atomic E-state index is -0.357. The molecule has 1 aromatic carbocycles. The van der Waals surface area contributed by atoms with Gasteiger partial charge in [-0.25, -0.2) is 0 Å². The average molecular weight is 319 g/mol. The molecular formula is C17H25N3O3. The topological polar surface area (TPSA) is 84.7 Å². The van der Waals surface area contributed by atoms with E-state index < -0.39 is 0 Å². The number of carbonyl (C=O) groups excluding carboxylic acids is 2. The van der Waals surface area contributed by atoms with Crippen molar-refractivity contribution in [2.24, 2.45) is 5.73 Å². The number of fused-ring (bicyclic) bond motifs is 1. The van der Waals surface area contributed by atoms with E-state index in [0.29, 0.717) is 24.5 Å². The maximum Gasteiger partial charge on any atom is 0.265 e. The Bertz CT molecular complexity index is 562. The van der Waals surface area contributed by atoms with E-state index in [0.717, 1.165) is 12.8 Å². The largest absolute Gasteiger partial charge is 0.482 e. The smallest absolute Gasteiger partial charge is 0.265 e. The molecule has 0 saturated heterocycles. The first-order chi connectivity index (χ1) is 11.0. The van der Waals surface area contributed by atoms with Crippen molar-refractivity contribution in [1.82, 2.24) is 5.32 Å². The molecule has 6 nitrogen and oxygen atoms in total. The molecule has 0 radical (unpaired) electrons. The summed E-state index contributed by atoms with van der Waals surface area (Å²) >= 11 is 0. The van der Waals surface area contributed by atoms with Gasteiger partial charge < -0.3 is 20.7 Å². The van der Waals surface area contributed by atoms with Gasteiger partial charge in [-0.2, -0.15) is 0 Å². The van der Waals surface area contributed by atoms with Gasteiger partial charge in [0.1, 0.15) is 5.75 Å². The molecule has 1 aliphatic rings. The lowest BCUT2D eigenvalue weighted by Crippen LogP contribution is -2.53. The number of amides is 2. The van der Waals surface area contributed by atoms with E-state index in [1.165, 1.54) is 0 Å². The summed E-state index contributed by atoms with van der Waals surface area (Å²) < 4.78 is 5.40. The van der Waals surface area contributed by atoms with Gasteiger partial charge in [-0.1, -0.05) is 26.0 Å². The van der Waals surface area contributed by atoms with Crippen LogP contribution in [0.25, 0.3) is 0 Å². The molecule has 0 saturated carbocycles. The summed E-state index contributed by atoms with van der Waals surface area (Å²) in [5.41, 5.74) is 6.16. The first kappa shape index (κ1) is 17.3. The Morgan fingerprint density at radius 3 is 2.70 bits per heavy atom. The zero-order valence-corrected chi connectivity index (χ0v) is 13.8. The maximum atomic E-state index is 12.3. The van der Waals surface area contributed by atoms with Crippen LogP contribution >= 0.6 is 0 Å². The Hall–Kier alpha value is -2.08. The Balaban J connectivity index is 2.00. The first-order valence-corrected chi connectivity index (χ1v) is 8.08. The van der Waals surface area contributed by atoms with Gasteiger partial charge in [-0.3, -0.25) is 9.59 Å². The van der Waals surface area contributed by atoms with E-state index in [1.54, 1.807) is 4.90 Å². The summed E-state index contributed by atoms with van der Waals surface area (Å²) in [6, 6.07) is 7.36. The molecule has 0 spiro atoms. The van der Waals surface area contributed by atoms with E-state index in [1.807, 2.05) is 38.1 Å². The SMILES string of the molecule is CCC(CC)(CN)NC(=O)CCN1C(=O)COc2ccccc21. The summed E-state index contributed by atoms with van der Waals surface area (Å²) in [5, 5.41) is 3.02. The third kappa shape index (κ3) is 3.82. The van der Waals surface area contributed by atoms with Crippen molar-refractivity contribution in [2.45, 2.75) is 38.6 Å². The summed E-state index contributed by atoms with van der Waals surface area (Å²) in [4.78, 5) is 25.9. The lowest BCUT2D eigenvalue weighted by Gasteiger charge is -2.32. The van der Waals surface area contributed by atoms with E-state index >= 15 is 0 Å². The predicted octanol–water partition coefficient (Wildman–Crippen LogP) is 1.44. The number of carbonyl (C=O) groups is 2. The number of anilines is 1. The van der Waals surface area contributed by atoms with Crippen LogP contribution in [0.15, 0.2) is 24.3 Å². The van der Waals surface area contributed by atoms with Crippen molar-refractivity contribution in [3.05, 3.63) is 24.3 Å². The van der Waals surface area contributed by atoms with Crippen LogP contribution < -0.4 is 20.7 Å². The zero-order chi connectivity index (χ0) is 16.9. The van der Waals surface area contributed by atoms with Gasteiger partial charge in [-0.15, -0.1) is 0 Å². The molecule has 126 valence electrons. The fourth-order valence-corrected chi connectivity index (χ4v) is 2.74. The van der Waals surface area contributed by atoms with Crippen LogP contribution in [0.5, 0.6) is 5.75 Å². The molecule has 1 aromatic rings. The van der Waals surface area contributed by atoms with Crippen LogP contribution in [-0.4, -0.2) is 37.0 Å². The molecule has 2 amide bonds. The highest BCUT2D eigenvalue weighted by Crippen LogP contribution is 2.31. The minimum Gasteiger partial charge on any atom is -0.482 e. The van der Waals surface area contributed by atoms with Crippen LogP contribution in [0.2, 0.25) is 0 Å². The van der Waals surface area contributed by atoms with Crippen LogP contribution in [0.1, 0.15) is 33.1 Å². The molecule has 3 N–H and O–H groups in total. The molecule has 23 heavy (non-hydrogen) atoms. The Morgan fingerprint density at radius 1 is 1.35 bits per heavy atom. The number of hydrogen-bond acceptors (Lipinski definition) is 4. The van der Waals surface area contributed by atoms with Crippen molar-refractivity contribution in [1.29, 1.82) is 0 Å². The van der Waals surface area contributed by atoms with Gasteiger partial charge in [0.25, 0.3) is 5.91 Å². The van der Waals surface area contributed by atoms with Crippen LogP contribution in [0.4, 0.5) is 5.69 Å². The molecule has 0 aliphatic carbocycles. The average Bonchev–Trinajstić information content (AvgIpc) is 2.59. The Morgan fingerprint density at radius 2 is 2.04 bits per heavy atom. The highest BCUT2D eigenvalue weighted by Gasteiger charge is 2.28. The van der Waals surface area contributed by atoms with E-state index in [9.17, 15) is 9.59 Å². The van der Waals surface area contributed by atoms with E-state index in [-0.39, 0.29) is 30.4 Å². The number of nitrogens with two attached hydrogens (primary N) is 1. The van der Waals surface area contributed by atoms with Gasteiger partial charge in [0.05, 0.1) is 11.2 Å². The number of nitrogens with one attached hydrogen (secondary N) is 1. The van der Waals surface area contributed by atoms with Crippen molar-refractivity contribution in [3.63, 3.8) is 0 Å². The minimum absolute atomic E-state index is 0.00922. The normalized spacial score (nSPS) is 14.2. The second-order valence-electron chi connectivity index (χ2n) is 5.79. The van der Waals surface area contributed by atoms with Gasteiger partial charge in [-0.05, 0) is 25.0 Å². The van der Waals surface area contributed by atoms with Gasteiger partial charge in [0.2, 0.25) is 5.91 Å². The van der Waals surface area contributed by atoms with Gasteiger partial charge in [0.15, 0.2) is 6.61 Å². The van der Waals surface area contributed by atoms with Crippen molar-refractivity contribution < 1.29 is 14.3 Å². The van der Waals surface area contributed by atoms with E-state index in [4.69, 9.17) is 10.5 Å². The Labute approximate surface area is 137 Å². The van der Waals surface area contributed by atoms with Gasteiger partial charge >= 0.3 is 0 Å². The molecule has 6 heteroatoms. The monoisotopic (exact) mass is 319 g/mol. The first-order valence-electron chi connectivity index (χ1n) is 8.08. The molecule has 0 fully saturated rings. The second-order valence-corrected chi connectivity index (χ2v) is 5.79. The van der Waals surface area contributed by atoms with Gasteiger partial charge in [0, 0.05) is 19.5 Å². The fourth-order valence-electron chi connectivity index (χ4n) is 2.74. The fraction of sp³-hybridized carbons (Fsp3) is 0.529. The third-order valence-corrected chi connectivity index (χ3v) is 4.52. The summed E-state index contributed by atoms with van der Waals surface area (Å²) in [6.45, 7) is 4.77. The summed E-state index contributed by atoms with van der Waals surface area (Å²) in [6.07, 6.45) is 1.80. The lowest BCUT2D eigenvalue weighted by molar-refractivity contribution is -0.123. The third-order valence-electron chi connectivity index (χ3n) is 4.52. The lowest BCUT2D eigenvalue weighted by atomic mass is 9.93. The molecular weight excluding hydrogens is 294 g/mol. The number of benzene rings is 1. The second kappa shape index (κ2) is 7.46.